The lowest BCUT2D eigenvalue weighted by Gasteiger charge is -2.10. The van der Waals surface area contributed by atoms with E-state index in [0.29, 0.717) is 16.3 Å². The van der Waals surface area contributed by atoms with Crippen LogP contribution in [-0.2, 0) is 12.7 Å². The van der Waals surface area contributed by atoms with E-state index in [1.165, 1.54) is 18.2 Å². The van der Waals surface area contributed by atoms with E-state index in [1.807, 2.05) is 0 Å². The molecule has 0 heterocycles. The first kappa shape index (κ1) is 17.4. The van der Waals surface area contributed by atoms with Crippen LogP contribution in [-0.4, -0.2) is 6.03 Å². The molecule has 2 N–H and O–H groups in total. The van der Waals surface area contributed by atoms with E-state index in [2.05, 4.69) is 10.6 Å². The Morgan fingerprint density at radius 3 is 2.26 bits per heavy atom. The minimum absolute atomic E-state index is 0.0786. The summed E-state index contributed by atoms with van der Waals surface area (Å²) in [5.74, 6) is 0. The van der Waals surface area contributed by atoms with Crippen molar-refractivity contribution in [1.82, 2.24) is 5.32 Å². The number of rotatable bonds is 3. The van der Waals surface area contributed by atoms with Crippen molar-refractivity contribution in [2.75, 3.05) is 5.32 Å². The molecule has 0 unspecified atom stereocenters. The second-order valence-corrected chi connectivity index (χ2v) is 5.47. The molecular weight excluding hydrogens is 352 g/mol. The molecular formula is C15H11Cl2F3N2O. The maximum Gasteiger partial charge on any atom is 0.416 e. The summed E-state index contributed by atoms with van der Waals surface area (Å²) in [4.78, 5) is 11.8. The number of carbonyl (C=O) groups is 1. The van der Waals surface area contributed by atoms with E-state index in [9.17, 15) is 18.0 Å². The molecule has 122 valence electrons. The van der Waals surface area contributed by atoms with Crippen molar-refractivity contribution in [2.24, 2.45) is 0 Å². The van der Waals surface area contributed by atoms with Gasteiger partial charge in [-0.25, -0.2) is 4.79 Å². The Hall–Kier alpha value is -1.92. The Bertz CT molecular complexity index is 703. The number of nitrogens with one attached hydrogen (secondary N) is 2. The fraction of sp³-hybridized carbons (Fsp3) is 0.133. The van der Waals surface area contributed by atoms with Crippen LogP contribution in [0.15, 0.2) is 42.5 Å². The maximum absolute atomic E-state index is 12.4. The summed E-state index contributed by atoms with van der Waals surface area (Å²) < 4.78 is 37.3. The predicted molar refractivity (Wildman–Crippen MR) is 83.8 cm³/mol. The highest BCUT2D eigenvalue weighted by molar-refractivity contribution is 6.36. The first-order valence-corrected chi connectivity index (χ1v) is 7.17. The molecule has 0 atom stereocenters. The van der Waals surface area contributed by atoms with Gasteiger partial charge in [-0.1, -0.05) is 35.3 Å². The fourth-order valence-corrected chi connectivity index (χ4v) is 2.21. The van der Waals surface area contributed by atoms with Gasteiger partial charge in [0.2, 0.25) is 0 Å². The lowest BCUT2D eigenvalue weighted by Crippen LogP contribution is -2.28. The number of urea groups is 1. The van der Waals surface area contributed by atoms with Gasteiger partial charge in [0, 0.05) is 11.6 Å². The predicted octanol–water partition coefficient (Wildman–Crippen LogP) is 5.33. The zero-order valence-electron chi connectivity index (χ0n) is 11.5. The van der Waals surface area contributed by atoms with E-state index in [1.54, 1.807) is 12.1 Å². The average Bonchev–Trinajstić information content (AvgIpc) is 2.47. The molecule has 0 aliphatic rings. The number of benzene rings is 2. The van der Waals surface area contributed by atoms with Gasteiger partial charge in [-0.2, -0.15) is 13.2 Å². The number of anilines is 1. The van der Waals surface area contributed by atoms with Crippen molar-refractivity contribution in [3.8, 4) is 0 Å². The van der Waals surface area contributed by atoms with Gasteiger partial charge in [-0.3, -0.25) is 0 Å². The van der Waals surface area contributed by atoms with Gasteiger partial charge < -0.3 is 10.6 Å². The molecule has 0 saturated carbocycles. The largest absolute Gasteiger partial charge is 0.416 e. The molecule has 0 bridgehead atoms. The Morgan fingerprint density at radius 2 is 1.70 bits per heavy atom. The minimum atomic E-state index is -4.38. The molecule has 0 aliphatic heterocycles. The van der Waals surface area contributed by atoms with Crippen LogP contribution >= 0.6 is 23.2 Å². The maximum atomic E-state index is 12.4. The summed E-state index contributed by atoms with van der Waals surface area (Å²) in [6.45, 7) is 0.0786. The Balaban J connectivity index is 1.91. The second-order valence-electron chi connectivity index (χ2n) is 4.63. The zero-order chi connectivity index (χ0) is 17.0. The number of alkyl halides is 3. The van der Waals surface area contributed by atoms with Crippen LogP contribution < -0.4 is 10.6 Å². The first-order chi connectivity index (χ1) is 10.8. The van der Waals surface area contributed by atoms with Gasteiger partial charge in [-0.15, -0.1) is 0 Å². The van der Waals surface area contributed by atoms with Gasteiger partial charge in [0.05, 0.1) is 16.3 Å². The third-order valence-corrected chi connectivity index (χ3v) is 3.46. The highest BCUT2D eigenvalue weighted by atomic mass is 35.5. The molecule has 2 aromatic rings. The lowest BCUT2D eigenvalue weighted by molar-refractivity contribution is -0.137. The van der Waals surface area contributed by atoms with E-state index < -0.39 is 17.8 Å². The van der Waals surface area contributed by atoms with E-state index >= 15 is 0 Å². The third-order valence-electron chi connectivity index (χ3n) is 2.91. The van der Waals surface area contributed by atoms with E-state index in [4.69, 9.17) is 23.2 Å². The van der Waals surface area contributed by atoms with Crippen LogP contribution in [0.25, 0.3) is 0 Å². The van der Waals surface area contributed by atoms with Crippen LogP contribution in [0.5, 0.6) is 0 Å². The lowest BCUT2D eigenvalue weighted by atomic mass is 10.1. The molecule has 2 aromatic carbocycles. The molecule has 0 radical (unpaired) electrons. The van der Waals surface area contributed by atoms with Gasteiger partial charge in [0.15, 0.2) is 0 Å². The Morgan fingerprint density at radius 1 is 1.04 bits per heavy atom. The van der Waals surface area contributed by atoms with Crippen molar-refractivity contribution in [3.63, 3.8) is 0 Å². The van der Waals surface area contributed by atoms with Gasteiger partial charge in [0.25, 0.3) is 0 Å². The second kappa shape index (κ2) is 7.10. The quantitative estimate of drug-likeness (QED) is 0.760. The monoisotopic (exact) mass is 362 g/mol. The number of carbonyl (C=O) groups excluding carboxylic acids is 1. The van der Waals surface area contributed by atoms with Crippen molar-refractivity contribution >= 4 is 34.9 Å². The SMILES string of the molecule is O=C(NCc1ccc(C(F)(F)F)cc1)Nc1ccc(Cl)cc1Cl. The molecule has 3 nitrogen and oxygen atoms in total. The summed E-state index contributed by atoms with van der Waals surface area (Å²) in [7, 11) is 0. The molecule has 0 saturated heterocycles. The van der Waals surface area contributed by atoms with Crippen LogP contribution in [0, 0.1) is 0 Å². The van der Waals surface area contributed by atoms with Crippen LogP contribution in [0.3, 0.4) is 0 Å². The molecule has 23 heavy (non-hydrogen) atoms. The van der Waals surface area contributed by atoms with Crippen molar-refractivity contribution in [1.29, 1.82) is 0 Å². The van der Waals surface area contributed by atoms with Gasteiger partial charge in [0.1, 0.15) is 0 Å². The summed E-state index contributed by atoms with van der Waals surface area (Å²) >= 11 is 11.7. The fourth-order valence-electron chi connectivity index (χ4n) is 1.75. The van der Waals surface area contributed by atoms with Crippen LogP contribution in [0.1, 0.15) is 11.1 Å². The van der Waals surface area contributed by atoms with E-state index in [0.717, 1.165) is 12.1 Å². The number of hydrogen-bond acceptors (Lipinski definition) is 1. The van der Waals surface area contributed by atoms with Gasteiger partial charge in [-0.05, 0) is 35.9 Å². The molecule has 0 spiro atoms. The van der Waals surface area contributed by atoms with Crippen molar-refractivity contribution < 1.29 is 18.0 Å². The number of halogens is 5. The molecule has 8 heteroatoms. The molecule has 0 aliphatic carbocycles. The zero-order valence-corrected chi connectivity index (χ0v) is 13.1. The highest BCUT2D eigenvalue weighted by Crippen LogP contribution is 2.29. The Labute approximate surface area is 140 Å². The summed E-state index contributed by atoms with van der Waals surface area (Å²) in [5.41, 5.74) is 0.176. The van der Waals surface area contributed by atoms with Crippen LogP contribution in [0.2, 0.25) is 10.0 Å². The van der Waals surface area contributed by atoms with Crippen LogP contribution in [0.4, 0.5) is 23.7 Å². The molecule has 2 amide bonds. The summed E-state index contributed by atoms with van der Waals surface area (Å²) in [6.07, 6.45) is -4.38. The topological polar surface area (TPSA) is 41.1 Å². The highest BCUT2D eigenvalue weighted by Gasteiger charge is 2.29. The molecule has 0 fully saturated rings. The molecule has 0 aromatic heterocycles. The first-order valence-electron chi connectivity index (χ1n) is 6.42. The summed E-state index contributed by atoms with van der Waals surface area (Å²) in [6, 6.07) is 8.59. The minimum Gasteiger partial charge on any atom is -0.334 e. The standard InChI is InChI=1S/C15H11Cl2F3N2O/c16-11-5-6-13(12(17)7-11)22-14(23)21-8-9-1-3-10(4-2-9)15(18,19)20/h1-7H,8H2,(H2,21,22,23). The number of hydrogen-bond donors (Lipinski definition) is 2. The number of amides is 2. The average molecular weight is 363 g/mol. The van der Waals surface area contributed by atoms with E-state index in [-0.39, 0.29) is 11.6 Å². The Kier molecular flexibility index (Phi) is 5.38. The van der Waals surface area contributed by atoms with Crippen molar-refractivity contribution in [3.05, 3.63) is 63.6 Å². The summed E-state index contributed by atoms with van der Waals surface area (Å²) in [5, 5.41) is 5.76. The smallest absolute Gasteiger partial charge is 0.334 e. The van der Waals surface area contributed by atoms with Gasteiger partial charge >= 0.3 is 12.2 Å². The third kappa shape index (κ3) is 5.04. The van der Waals surface area contributed by atoms with Crippen molar-refractivity contribution in [2.45, 2.75) is 12.7 Å². The normalized spacial score (nSPS) is 11.2. The molecule has 2 rings (SSSR count).